The summed E-state index contributed by atoms with van der Waals surface area (Å²) in [5, 5.41) is 12.2. The van der Waals surface area contributed by atoms with Crippen LogP contribution in [0.2, 0.25) is 0 Å². The lowest BCUT2D eigenvalue weighted by Gasteiger charge is -2.28. The first-order chi connectivity index (χ1) is 11.9. The summed E-state index contributed by atoms with van der Waals surface area (Å²) >= 11 is 0. The van der Waals surface area contributed by atoms with Gasteiger partial charge in [-0.25, -0.2) is 0 Å². The van der Waals surface area contributed by atoms with E-state index >= 15 is 0 Å². The molecule has 138 valence electrons. The van der Waals surface area contributed by atoms with E-state index in [4.69, 9.17) is 9.47 Å². The molecule has 1 aromatic rings. The smallest absolute Gasteiger partial charge is 0.256 e. The number of hydrogen-bond acceptors (Lipinski definition) is 4. The molecule has 5 heteroatoms. The topological polar surface area (TPSA) is 71.3 Å². The fourth-order valence-corrected chi connectivity index (χ4v) is 2.39. The number of carbonyl (C=O) groups is 1. The summed E-state index contributed by atoms with van der Waals surface area (Å²) in [6.07, 6.45) is 2.30. The number of ether oxygens (including phenoxy) is 2. The summed E-state index contributed by atoms with van der Waals surface area (Å²) in [7, 11) is 0. The average molecular weight is 346 g/mol. The molecule has 1 aromatic carbocycles. The number of nitrogens with zero attached hydrogens (tertiary/aromatic N) is 1. The van der Waals surface area contributed by atoms with E-state index in [1.807, 2.05) is 13.8 Å². The molecule has 1 N–H and O–H groups in total. The number of benzene rings is 1. The van der Waals surface area contributed by atoms with E-state index < -0.39 is 5.60 Å². The predicted molar refractivity (Wildman–Crippen MR) is 99.7 cm³/mol. The molecule has 0 saturated heterocycles. The second-order valence-electron chi connectivity index (χ2n) is 6.81. The lowest BCUT2D eigenvalue weighted by atomic mass is 9.98. The maximum Gasteiger partial charge on any atom is 0.256 e. The molecule has 0 radical (unpaired) electrons. The van der Waals surface area contributed by atoms with Crippen LogP contribution >= 0.6 is 0 Å². The Kier molecular flexibility index (Phi) is 8.44. The van der Waals surface area contributed by atoms with Crippen LogP contribution in [0.4, 0.5) is 5.69 Å². The van der Waals surface area contributed by atoms with Crippen LogP contribution in [-0.2, 0) is 9.53 Å². The van der Waals surface area contributed by atoms with Crippen LogP contribution in [-0.4, -0.2) is 24.7 Å². The average Bonchev–Trinajstić information content (AvgIpc) is 2.59. The van der Waals surface area contributed by atoms with Gasteiger partial charge in [0.1, 0.15) is 17.4 Å². The van der Waals surface area contributed by atoms with Gasteiger partial charge in [-0.2, -0.15) is 5.26 Å². The summed E-state index contributed by atoms with van der Waals surface area (Å²) in [5.74, 6) is 0.798. The molecular weight excluding hydrogens is 316 g/mol. The SMILES string of the molecule is CCCO[C@@](C)(CCC)C(=O)Nc1ccc(OCC(C)C)cc1C#N. The van der Waals surface area contributed by atoms with Crippen LogP contribution in [0.5, 0.6) is 5.75 Å². The Morgan fingerprint density at radius 3 is 2.60 bits per heavy atom. The molecule has 0 aromatic heterocycles. The summed E-state index contributed by atoms with van der Waals surface area (Å²) in [5.41, 5.74) is -0.0413. The Morgan fingerprint density at radius 2 is 2.04 bits per heavy atom. The van der Waals surface area contributed by atoms with Crippen LogP contribution in [0, 0.1) is 17.2 Å². The number of rotatable bonds is 10. The molecule has 25 heavy (non-hydrogen) atoms. The molecule has 0 aliphatic heterocycles. The van der Waals surface area contributed by atoms with Gasteiger partial charge in [0.05, 0.1) is 17.9 Å². The molecule has 1 amide bonds. The third kappa shape index (κ3) is 6.39. The zero-order valence-corrected chi connectivity index (χ0v) is 16.0. The van der Waals surface area contributed by atoms with Crippen molar-refractivity contribution < 1.29 is 14.3 Å². The Labute approximate surface area is 151 Å². The van der Waals surface area contributed by atoms with Gasteiger partial charge in [0.2, 0.25) is 0 Å². The molecule has 5 nitrogen and oxygen atoms in total. The normalized spacial score (nSPS) is 13.2. The van der Waals surface area contributed by atoms with Gasteiger partial charge < -0.3 is 14.8 Å². The number of anilines is 1. The van der Waals surface area contributed by atoms with Gasteiger partial charge >= 0.3 is 0 Å². The highest BCUT2D eigenvalue weighted by molar-refractivity contribution is 5.98. The Morgan fingerprint density at radius 1 is 1.32 bits per heavy atom. The van der Waals surface area contributed by atoms with Crippen LogP contribution in [0.25, 0.3) is 0 Å². The number of carbonyl (C=O) groups excluding carboxylic acids is 1. The summed E-state index contributed by atoms with van der Waals surface area (Å²) in [6.45, 7) is 11.0. The van der Waals surface area contributed by atoms with Gasteiger partial charge in [-0.1, -0.05) is 34.1 Å². The van der Waals surface area contributed by atoms with E-state index in [0.717, 1.165) is 12.8 Å². The zero-order valence-electron chi connectivity index (χ0n) is 16.0. The van der Waals surface area contributed by atoms with E-state index in [1.165, 1.54) is 0 Å². The Bertz CT molecular complexity index is 607. The van der Waals surface area contributed by atoms with Gasteiger partial charge in [-0.3, -0.25) is 4.79 Å². The minimum Gasteiger partial charge on any atom is -0.493 e. The van der Waals surface area contributed by atoms with Crippen molar-refractivity contribution in [2.45, 2.75) is 59.5 Å². The number of nitriles is 1. The van der Waals surface area contributed by atoms with E-state index in [9.17, 15) is 10.1 Å². The van der Waals surface area contributed by atoms with Crippen LogP contribution in [0.15, 0.2) is 18.2 Å². The third-order valence-corrected chi connectivity index (χ3v) is 3.78. The van der Waals surface area contributed by atoms with Crippen molar-refractivity contribution in [2.75, 3.05) is 18.5 Å². The van der Waals surface area contributed by atoms with E-state index in [2.05, 4.69) is 25.2 Å². The second kappa shape index (κ2) is 10.0. The lowest BCUT2D eigenvalue weighted by molar-refractivity contribution is -0.140. The molecule has 1 rings (SSSR count). The van der Waals surface area contributed by atoms with Crippen molar-refractivity contribution in [3.05, 3.63) is 23.8 Å². The molecule has 1 atom stereocenters. The Balaban J connectivity index is 2.92. The standard InChI is InChI=1S/C20H30N2O3/c1-6-10-20(5,25-11-7-2)19(23)22-18-9-8-17(12-16(18)13-21)24-14-15(3)4/h8-9,12,15H,6-7,10-11,14H2,1-5H3,(H,22,23)/t20-/m0/s1. The predicted octanol–water partition coefficient (Wildman–Crippen LogP) is 4.52. The van der Waals surface area contributed by atoms with Gasteiger partial charge in [-0.15, -0.1) is 0 Å². The second-order valence-corrected chi connectivity index (χ2v) is 6.81. The monoisotopic (exact) mass is 346 g/mol. The molecule has 0 heterocycles. The molecule has 0 bridgehead atoms. The highest BCUT2D eigenvalue weighted by atomic mass is 16.5. The van der Waals surface area contributed by atoms with Crippen molar-refractivity contribution >= 4 is 11.6 Å². The van der Waals surface area contributed by atoms with Gasteiger partial charge in [0.25, 0.3) is 5.91 Å². The fourth-order valence-electron chi connectivity index (χ4n) is 2.39. The van der Waals surface area contributed by atoms with Gasteiger partial charge in [0.15, 0.2) is 0 Å². The van der Waals surface area contributed by atoms with Gasteiger partial charge in [0, 0.05) is 6.61 Å². The first kappa shape index (κ1) is 21.0. The third-order valence-electron chi connectivity index (χ3n) is 3.78. The molecule has 0 fully saturated rings. The van der Waals surface area contributed by atoms with Crippen LogP contribution in [0.3, 0.4) is 0 Å². The maximum absolute atomic E-state index is 12.7. The Hall–Kier alpha value is -2.06. The first-order valence-corrected chi connectivity index (χ1v) is 8.98. The molecular formula is C20H30N2O3. The minimum absolute atomic E-state index is 0.227. The number of amides is 1. The zero-order chi connectivity index (χ0) is 18.9. The van der Waals surface area contributed by atoms with Crippen molar-refractivity contribution in [3.63, 3.8) is 0 Å². The minimum atomic E-state index is -0.899. The lowest BCUT2D eigenvalue weighted by Crippen LogP contribution is -2.43. The molecule has 0 unspecified atom stereocenters. The number of hydrogen-bond donors (Lipinski definition) is 1. The van der Waals surface area contributed by atoms with Crippen molar-refractivity contribution in [3.8, 4) is 11.8 Å². The van der Waals surface area contributed by atoms with E-state index in [-0.39, 0.29) is 5.91 Å². The van der Waals surface area contributed by atoms with Crippen LogP contribution in [0.1, 0.15) is 59.4 Å². The van der Waals surface area contributed by atoms with E-state index in [1.54, 1.807) is 25.1 Å². The quantitative estimate of drug-likeness (QED) is 0.676. The van der Waals surface area contributed by atoms with Crippen LogP contribution < -0.4 is 10.1 Å². The largest absolute Gasteiger partial charge is 0.493 e. The fraction of sp³-hybridized carbons (Fsp3) is 0.600. The summed E-state index contributed by atoms with van der Waals surface area (Å²) in [6, 6.07) is 7.25. The summed E-state index contributed by atoms with van der Waals surface area (Å²) < 4.78 is 11.4. The van der Waals surface area contributed by atoms with Crippen molar-refractivity contribution in [2.24, 2.45) is 5.92 Å². The highest BCUT2D eigenvalue weighted by Gasteiger charge is 2.33. The molecule has 0 spiro atoms. The molecule has 0 aliphatic rings. The summed E-state index contributed by atoms with van der Waals surface area (Å²) in [4.78, 5) is 12.7. The van der Waals surface area contributed by atoms with Gasteiger partial charge in [-0.05, 0) is 43.9 Å². The number of nitrogens with one attached hydrogen (secondary N) is 1. The molecule has 0 saturated carbocycles. The van der Waals surface area contributed by atoms with E-state index in [0.29, 0.717) is 42.6 Å². The maximum atomic E-state index is 12.7. The van der Waals surface area contributed by atoms with Crippen molar-refractivity contribution in [1.29, 1.82) is 5.26 Å². The van der Waals surface area contributed by atoms with Crippen molar-refractivity contribution in [1.82, 2.24) is 0 Å². The molecule has 0 aliphatic carbocycles. The first-order valence-electron chi connectivity index (χ1n) is 8.98. The highest BCUT2D eigenvalue weighted by Crippen LogP contribution is 2.25.